The molecule has 0 saturated heterocycles. The Morgan fingerprint density at radius 1 is 1.43 bits per heavy atom. The molecule has 1 amide bonds. The van der Waals surface area contributed by atoms with Crippen molar-refractivity contribution in [1.29, 1.82) is 0 Å². The summed E-state index contributed by atoms with van der Waals surface area (Å²) in [6, 6.07) is 4.27. The monoisotopic (exact) mass is 291 g/mol. The van der Waals surface area contributed by atoms with Gasteiger partial charge in [-0.05, 0) is 30.7 Å². The van der Waals surface area contributed by atoms with Gasteiger partial charge in [-0.3, -0.25) is 14.9 Å². The van der Waals surface area contributed by atoms with Gasteiger partial charge in [0.05, 0.1) is 10.5 Å². The lowest BCUT2D eigenvalue weighted by Crippen LogP contribution is -2.41. The van der Waals surface area contributed by atoms with Crippen molar-refractivity contribution in [2.24, 2.45) is 5.41 Å². The Morgan fingerprint density at radius 2 is 2.14 bits per heavy atom. The quantitative estimate of drug-likeness (QED) is 0.623. The summed E-state index contributed by atoms with van der Waals surface area (Å²) in [4.78, 5) is 22.7. The Bertz CT molecular complexity index is 548. The van der Waals surface area contributed by atoms with Crippen LogP contribution in [0.2, 0.25) is 0 Å². The summed E-state index contributed by atoms with van der Waals surface area (Å²) in [5, 5.41) is 16.7. The summed E-state index contributed by atoms with van der Waals surface area (Å²) in [6.45, 7) is 2.77. The van der Waals surface area contributed by atoms with Crippen LogP contribution in [0.15, 0.2) is 18.2 Å². The molecule has 6 nitrogen and oxygen atoms in total. The van der Waals surface area contributed by atoms with Crippen LogP contribution in [0.4, 0.5) is 11.4 Å². The van der Waals surface area contributed by atoms with E-state index in [4.69, 9.17) is 0 Å². The van der Waals surface area contributed by atoms with Crippen molar-refractivity contribution in [3.63, 3.8) is 0 Å². The first kappa shape index (κ1) is 15.3. The number of hydrogen-bond donors (Lipinski definition) is 2. The second kappa shape index (κ2) is 6.11. The van der Waals surface area contributed by atoms with Crippen LogP contribution in [0, 0.1) is 15.5 Å². The number of benzene rings is 1. The number of non-ortho nitro benzene ring substituents is 1. The first-order valence-corrected chi connectivity index (χ1v) is 7.26. The molecule has 1 aromatic carbocycles. The van der Waals surface area contributed by atoms with Crippen molar-refractivity contribution in [2.75, 3.05) is 18.9 Å². The molecule has 1 aromatic rings. The summed E-state index contributed by atoms with van der Waals surface area (Å²) in [5.74, 6) is -0.261. The van der Waals surface area contributed by atoms with Crippen LogP contribution in [0.3, 0.4) is 0 Å². The number of carbonyl (C=O) groups is 1. The van der Waals surface area contributed by atoms with Gasteiger partial charge in [0.2, 0.25) is 0 Å². The minimum absolute atomic E-state index is 0.0759. The lowest BCUT2D eigenvalue weighted by atomic mass is 9.67. The van der Waals surface area contributed by atoms with Gasteiger partial charge in [-0.25, -0.2) is 0 Å². The highest BCUT2D eigenvalue weighted by Crippen LogP contribution is 2.43. The maximum Gasteiger partial charge on any atom is 0.270 e. The van der Waals surface area contributed by atoms with Crippen LogP contribution >= 0.6 is 0 Å². The van der Waals surface area contributed by atoms with Gasteiger partial charge in [0.25, 0.3) is 11.6 Å². The van der Waals surface area contributed by atoms with Gasteiger partial charge >= 0.3 is 0 Å². The van der Waals surface area contributed by atoms with E-state index in [0.717, 1.165) is 19.3 Å². The number of anilines is 1. The van der Waals surface area contributed by atoms with Crippen molar-refractivity contribution in [3.8, 4) is 0 Å². The van der Waals surface area contributed by atoms with E-state index >= 15 is 0 Å². The van der Waals surface area contributed by atoms with Crippen molar-refractivity contribution in [3.05, 3.63) is 33.9 Å². The maximum absolute atomic E-state index is 12.3. The molecule has 0 radical (unpaired) electrons. The fourth-order valence-corrected chi connectivity index (χ4v) is 2.75. The maximum atomic E-state index is 12.3. The summed E-state index contributed by atoms with van der Waals surface area (Å²) in [5.41, 5.74) is 1.05. The average Bonchev–Trinajstić information content (AvgIpc) is 2.45. The molecule has 0 spiro atoms. The number of nitro benzene ring substituents is 1. The van der Waals surface area contributed by atoms with E-state index in [-0.39, 0.29) is 17.0 Å². The Morgan fingerprint density at radius 3 is 2.62 bits per heavy atom. The molecule has 1 aliphatic carbocycles. The molecule has 0 bridgehead atoms. The van der Waals surface area contributed by atoms with Gasteiger partial charge < -0.3 is 10.6 Å². The fourth-order valence-electron chi connectivity index (χ4n) is 2.75. The van der Waals surface area contributed by atoms with Crippen LogP contribution in [0.1, 0.15) is 43.0 Å². The van der Waals surface area contributed by atoms with Crippen LogP contribution in [-0.4, -0.2) is 24.4 Å². The SMILES string of the molecule is CCC1(CNC(=O)c2cc([N+](=O)[O-])ccc2NC)CCC1. The van der Waals surface area contributed by atoms with E-state index in [1.165, 1.54) is 18.6 Å². The predicted octanol–water partition coefficient (Wildman–Crippen LogP) is 2.95. The number of carbonyl (C=O) groups excluding carboxylic acids is 1. The molecule has 1 saturated carbocycles. The predicted molar refractivity (Wildman–Crippen MR) is 81.6 cm³/mol. The van der Waals surface area contributed by atoms with Crippen molar-refractivity contribution >= 4 is 17.3 Å². The molecular formula is C15H21N3O3. The average molecular weight is 291 g/mol. The number of nitrogens with zero attached hydrogens (tertiary/aromatic N) is 1. The zero-order valence-corrected chi connectivity index (χ0v) is 12.4. The third-order valence-corrected chi connectivity index (χ3v) is 4.52. The summed E-state index contributed by atoms with van der Waals surface area (Å²) in [6.07, 6.45) is 4.53. The Balaban J connectivity index is 2.13. The highest BCUT2D eigenvalue weighted by molar-refractivity contribution is 6.00. The minimum Gasteiger partial charge on any atom is -0.387 e. The molecule has 0 heterocycles. The van der Waals surface area contributed by atoms with Gasteiger partial charge in [0, 0.05) is 31.4 Å². The van der Waals surface area contributed by atoms with Crippen molar-refractivity contribution in [2.45, 2.75) is 32.6 Å². The standard InChI is InChI=1S/C15H21N3O3/c1-3-15(7-4-8-15)10-17-14(19)12-9-11(18(20)21)5-6-13(12)16-2/h5-6,9,16H,3-4,7-8,10H2,1-2H3,(H,17,19). The van der Waals surface area contributed by atoms with Gasteiger partial charge in [0.1, 0.15) is 0 Å². The van der Waals surface area contributed by atoms with Gasteiger partial charge in [-0.1, -0.05) is 13.3 Å². The van der Waals surface area contributed by atoms with E-state index in [2.05, 4.69) is 17.6 Å². The van der Waals surface area contributed by atoms with Crippen molar-refractivity contribution < 1.29 is 9.72 Å². The smallest absolute Gasteiger partial charge is 0.270 e. The molecule has 6 heteroatoms. The molecule has 2 rings (SSSR count). The van der Waals surface area contributed by atoms with E-state index < -0.39 is 4.92 Å². The minimum atomic E-state index is -0.490. The Kier molecular flexibility index (Phi) is 4.45. The zero-order valence-electron chi connectivity index (χ0n) is 12.4. The van der Waals surface area contributed by atoms with Gasteiger partial charge in [-0.2, -0.15) is 0 Å². The van der Waals surface area contributed by atoms with Gasteiger partial charge in [-0.15, -0.1) is 0 Å². The molecule has 2 N–H and O–H groups in total. The van der Waals surface area contributed by atoms with Crippen LogP contribution in [0.25, 0.3) is 0 Å². The van der Waals surface area contributed by atoms with Crippen LogP contribution in [-0.2, 0) is 0 Å². The van der Waals surface area contributed by atoms with E-state index in [9.17, 15) is 14.9 Å². The largest absolute Gasteiger partial charge is 0.387 e. The fraction of sp³-hybridized carbons (Fsp3) is 0.533. The Hall–Kier alpha value is -2.11. The van der Waals surface area contributed by atoms with Crippen LogP contribution in [0.5, 0.6) is 0 Å². The first-order chi connectivity index (χ1) is 10.0. The zero-order chi connectivity index (χ0) is 15.5. The van der Waals surface area contributed by atoms with Gasteiger partial charge in [0.15, 0.2) is 0 Å². The molecule has 21 heavy (non-hydrogen) atoms. The van der Waals surface area contributed by atoms with Crippen LogP contribution < -0.4 is 10.6 Å². The Labute approximate surface area is 124 Å². The summed E-state index contributed by atoms with van der Waals surface area (Å²) in [7, 11) is 1.69. The third-order valence-electron chi connectivity index (χ3n) is 4.52. The second-order valence-corrected chi connectivity index (χ2v) is 5.63. The lowest BCUT2D eigenvalue weighted by Gasteiger charge is -2.41. The van der Waals surface area contributed by atoms with Crippen molar-refractivity contribution in [1.82, 2.24) is 5.32 Å². The number of hydrogen-bond acceptors (Lipinski definition) is 4. The number of nitro groups is 1. The molecule has 0 unspecified atom stereocenters. The lowest BCUT2D eigenvalue weighted by molar-refractivity contribution is -0.384. The highest BCUT2D eigenvalue weighted by Gasteiger charge is 2.35. The molecule has 0 atom stereocenters. The molecule has 0 aliphatic heterocycles. The second-order valence-electron chi connectivity index (χ2n) is 5.63. The molecular weight excluding hydrogens is 270 g/mol. The topological polar surface area (TPSA) is 84.3 Å². The summed E-state index contributed by atoms with van der Waals surface area (Å²) >= 11 is 0. The summed E-state index contributed by atoms with van der Waals surface area (Å²) < 4.78 is 0. The highest BCUT2D eigenvalue weighted by atomic mass is 16.6. The molecule has 114 valence electrons. The number of rotatable bonds is 6. The van der Waals surface area contributed by atoms with E-state index in [0.29, 0.717) is 17.8 Å². The molecule has 1 aliphatic rings. The number of amides is 1. The van der Waals surface area contributed by atoms with E-state index in [1.54, 1.807) is 13.1 Å². The molecule has 0 aromatic heterocycles. The van der Waals surface area contributed by atoms with E-state index in [1.807, 2.05) is 0 Å². The normalized spacial score (nSPS) is 15.9. The molecule has 1 fully saturated rings. The first-order valence-electron chi connectivity index (χ1n) is 7.26. The third kappa shape index (κ3) is 3.15. The number of nitrogens with one attached hydrogen (secondary N) is 2.